The van der Waals surface area contributed by atoms with Crippen LogP contribution < -0.4 is 0 Å². The van der Waals surface area contributed by atoms with E-state index < -0.39 is 29.2 Å². The summed E-state index contributed by atoms with van der Waals surface area (Å²) in [5.41, 5.74) is 0.509. The molecule has 8 heteroatoms. The largest absolute Gasteiger partial charge is 0.479 e. The van der Waals surface area contributed by atoms with E-state index in [9.17, 15) is 18.7 Å². The molecule has 2 aromatic heterocycles. The highest BCUT2D eigenvalue weighted by atomic mass is 19.1. The van der Waals surface area contributed by atoms with Crippen LogP contribution in [0.15, 0.2) is 36.5 Å². The third-order valence-electron chi connectivity index (χ3n) is 6.25. The Morgan fingerprint density at radius 3 is 2.55 bits per heavy atom. The van der Waals surface area contributed by atoms with E-state index in [1.54, 1.807) is 18.2 Å². The highest BCUT2D eigenvalue weighted by Gasteiger charge is 2.53. The molecule has 0 unspecified atom stereocenters. The molecule has 2 N–H and O–H groups in total. The Morgan fingerprint density at radius 1 is 1.26 bits per heavy atom. The number of alkyl halides is 1. The number of carboxylic acids is 1. The van der Waals surface area contributed by atoms with E-state index in [0.29, 0.717) is 27.5 Å². The molecule has 0 amide bonds. The number of hydrogen-bond donors (Lipinski definition) is 2. The third-order valence-corrected chi connectivity index (χ3v) is 6.25. The average molecular weight is 427 g/mol. The van der Waals surface area contributed by atoms with Crippen LogP contribution in [0.1, 0.15) is 49.8 Å². The minimum atomic E-state index is -2.31. The first-order valence-corrected chi connectivity index (χ1v) is 10.1. The molecule has 0 atom stereocenters. The predicted octanol–water partition coefficient (Wildman–Crippen LogP) is 5.58. The van der Waals surface area contributed by atoms with Crippen molar-refractivity contribution in [3.63, 3.8) is 0 Å². The molecule has 2 aromatic carbocycles. The van der Waals surface area contributed by atoms with Crippen LogP contribution >= 0.6 is 0 Å². The smallest absolute Gasteiger partial charge is 0.341 e. The lowest BCUT2D eigenvalue weighted by molar-refractivity contribution is -0.158. The number of nitrogens with one attached hydrogen (secondary N) is 1. The molecule has 0 spiro atoms. The van der Waals surface area contributed by atoms with Crippen LogP contribution in [0.25, 0.3) is 27.5 Å². The van der Waals surface area contributed by atoms with Crippen molar-refractivity contribution < 1.29 is 23.1 Å². The van der Waals surface area contributed by atoms with Crippen molar-refractivity contribution >= 4 is 27.8 Å². The standard InChI is InChI=1S/C23H20F3N3O2/c1-11(2)21-17(13-8-23(26,9-13)22(30)31)18-16(7-12-10-27-28-20(12)19(18)25)29(21)15-5-3-14(24)4-6-15/h3-7,10-11,13H,8-9H2,1-2H3,(H,27,28)(H,30,31)/t13-,23+. The molecule has 0 aliphatic heterocycles. The van der Waals surface area contributed by atoms with Gasteiger partial charge in [0, 0.05) is 22.2 Å². The van der Waals surface area contributed by atoms with Crippen LogP contribution in [0.4, 0.5) is 13.2 Å². The van der Waals surface area contributed by atoms with Crippen LogP contribution in [0.3, 0.4) is 0 Å². The number of H-pyrrole nitrogens is 1. The summed E-state index contributed by atoms with van der Waals surface area (Å²) in [6, 6.07) is 7.68. The predicted molar refractivity (Wildman–Crippen MR) is 110 cm³/mol. The third kappa shape index (κ3) is 2.77. The Balaban J connectivity index is 1.85. The van der Waals surface area contributed by atoms with Crippen molar-refractivity contribution in [2.45, 2.75) is 44.2 Å². The SMILES string of the molecule is CC(C)c1c([C@H]2C[C@](F)(C(=O)O)C2)c2c(F)c3[nH]ncc3cc2n1-c1ccc(F)cc1. The molecule has 160 valence electrons. The second kappa shape index (κ2) is 6.60. The number of hydrogen-bond acceptors (Lipinski definition) is 2. The quantitative estimate of drug-likeness (QED) is 0.447. The van der Waals surface area contributed by atoms with Crippen molar-refractivity contribution in [1.29, 1.82) is 0 Å². The molecule has 0 radical (unpaired) electrons. The summed E-state index contributed by atoms with van der Waals surface area (Å²) in [6.45, 7) is 3.89. The number of rotatable bonds is 4. The summed E-state index contributed by atoms with van der Waals surface area (Å²) in [6.07, 6.45) is 1.09. The van der Waals surface area contributed by atoms with E-state index in [1.165, 1.54) is 18.3 Å². The zero-order valence-corrected chi connectivity index (χ0v) is 16.9. The zero-order valence-electron chi connectivity index (χ0n) is 16.9. The maximum absolute atomic E-state index is 15.7. The Bertz CT molecular complexity index is 1330. The van der Waals surface area contributed by atoms with Gasteiger partial charge in [0.05, 0.1) is 11.7 Å². The topological polar surface area (TPSA) is 70.9 Å². The van der Waals surface area contributed by atoms with Crippen LogP contribution in [-0.2, 0) is 4.79 Å². The van der Waals surface area contributed by atoms with E-state index in [2.05, 4.69) is 10.2 Å². The van der Waals surface area contributed by atoms with E-state index in [-0.39, 0.29) is 24.3 Å². The minimum absolute atomic E-state index is 0.0808. The highest BCUT2D eigenvalue weighted by molar-refractivity contribution is 6.00. The molecule has 5 rings (SSSR count). The molecule has 1 aliphatic carbocycles. The van der Waals surface area contributed by atoms with Gasteiger partial charge in [-0.3, -0.25) is 5.10 Å². The molecule has 31 heavy (non-hydrogen) atoms. The summed E-state index contributed by atoms with van der Waals surface area (Å²) < 4.78 is 45.8. The fraction of sp³-hybridized carbons (Fsp3) is 0.304. The summed E-state index contributed by atoms with van der Waals surface area (Å²) in [7, 11) is 0. The van der Waals surface area contributed by atoms with E-state index in [0.717, 1.165) is 5.69 Å². The Kier molecular flexibility index (Phi) is 4.19. The number of halogens is 3. The number of aliphatic carboxylic acids is 1. The lowest BCUT2D eigenvalue weighted by atomic mass is 9.68. The summed E-state index contributed by atoms with van der Waals surface area (Å²) in [5.74, 6) is -2.92. The molecule has 1 fully saturated rings. The van der Waals surface area contributed by atoms with Gasteiger partial charge < -0.3 is 9.67 Å². The van der Waals surface area contributed by atoms with Crippen molar-refractivity contribution in [2.75, 3.05) is 0 Å². The van der Waals surface area contributed by atoms with E-state index in [1.807, 2.05) is 18.4 Å². The number of aromatic nitrogens is 3. The van der Waals surface area contributed by atoms with Crippen LogP contribution in [0.2, 0.25) is 0 Å². The molecule has 1 aliphatic rings. The van der Waals surface area contributed by atoms with Crippen molar-refractivity contribution in [2.24, 2.45) is 0 Å². The summed E-state index contributed by atoms with van der Waals surface area (Å²) >= 11 is 0. The zero-order chi connectivity index (χ0) is 22.1. The van der Waals surface area contributed by atoms with Gasteiger partial charge in [-0.15, -0.1) is 0 Å². The number of fused-ring (bicyclic) bond motifs is 2. The van der Waals surface area contributed by atoms with Gasteiger partial charge in [-0.25, -0.2) is 18.0 Å². The highest BCUT2D eigenvalue weighted by Crippen LogP contribution is 2.53. The summed E-state index contributed by atoms with van der Waals surface area (Å²) in [4.78, 5) is 11.3. The lowest BCUT2D eigenvalue weighted by Gasteiger charge is -2.39. The maximum atomic E-state index is 15.7. The molecule has 5 nitrogen and oxygen atoms in total. The van der Waals surface area contributed by atoms with Crippen LogP contribution in [0, 0.1) is 11.6 Å². The first-order chi connectivity index (χ1) is 14.7. The molecule has 1 saturated carbocycles. The first-order valence-electron chi connectivity index (χ1n) is 10.1. The van der Waals surface area contributed by atoms with Gasteiger partial charge in [0.15, 0.2) is 5.82 Å². The van der Waals surface area contributed by atoms with Crippen LogP contribution in [0.5, 0.6) is 0 Å². The van der Waals surface area contributed by atoms with Gasteiger partial charge >= 0.3 is 5.97 Å². The maximum Gasteiger partial charge on any atom is 0.341 e. The molecular weight excluding hydrogens is 407 g/mol. The van der Waals surface area contributed by atoms with Gasteiger partial charge in [-0.1, -0.05) is 13.8 Å². The Morgan fingerprint density at radius 2 is 1.94 bits per heavy atom. The second-order valence-corrected chi connectivity index (χ2v) is 8.56. The monoisotopic (exact) mass is 427 g/mol. The second-order valence-electron chi connectivity index (χ2n) is 8.56. The van der Waals surface area contributed by atoms with E-state index >= 15 is 4.39 Å². The number of benzene rings is 2. The Hall–Kier alpha value is -3.29. The van der Waals surface area contributed by atoms with Crippen molar-refractivity contribution in [3.05, 3.63) is 59.4 Å². The minimum Gasteiger partial charge on any atom is -0.479 e. The van der Waals surface area contributed by atoms with Crippen molar-refractivity contribution in [3.8, 4) is 5.69 Å². The number of aromatic amines is 1. The lowest BCUT2D eigenvalue weighted by Crippen LogP contribution is -2.45. The molecule has 2 heterocycles. The van der Waals surface area contributed by atoms with Gasteiger partial charge in [-0.05, 0) is 60.6 Å². The number of carboxylic acid groups (broad SMARTS) is 1. The number of nitrogens with zero attached hydrogens (tertiary/aromatic N) is 2. The van der Waals surface area contributed by atoms with Gasteiger partial charge in [-0.2, -0.15) is 5.10 Å². The average Bonchev–Trinajstić information content (AvgIpc) is 3.29. The molecule has 0 bridgehead atoms. The van der Waals surface area contributed by atoms with E-state index in [4.69, 9.17) is 0 Å². The Labute approximate surface area is 175 Å². The number of carbonyl (C=O) groups is 1. The first kappa shape index (κ1) is 19.7. The fourth-order valence-electron chi connectivity index (χ4n) is 4.80. The van der Waals surface area contributed by atoms with Gasteiger partial charge in [0.1, 0.15) is 11.3 Å². The molecule has 4 aromatic rings. The van der Waals surface area contributed by atoms with Gasteiger partial charge in [0.2, 0.25) is 5.67 Å². The fourth-order valence-corrected chi connectivity index (χ4v) is 4.80. The van der Waals surface area contributed by atoms with Gasteiger partial charge in [0.25, 0.3) is 0 Å². The molecular formula is C23H20F3N3O2. The summed E-state index contributed by atoms with van der Waals surface area (Å²) in [5, 5.41) is 16.7. The normalized spacial score (nSPS) is 21.2. The van der Waals surface area contributed by atoms with Crippen molar-refractivity contribution in [1.82, 2.24) is 14.8 Å². The molecule has 0 saturated heterocycles. The van der Waals surface area contributed by atoms with Crippen LogP contribution in [-0.4, -0.2) is 31.5 Å².